The van der Waals surface area contributed by atoms with Gasteiger partial charge in [-0.05, 0) is 40.1 Å². The molecule has 4 aromatic heterocycles. The van der Waals surface area contributed by atoms with Gasteiger partial charge in [0, 0.05) is 33.5 Å². The van der Waals surface area contributed by atoms with Crippen LogP contribution in [0.1, 0.15) is 51.2 Å². The first-order valence-electron chi connectivity index (χ1n) is 12.6. The molecule has 0 aliphatic heterocycles. The Hall–Kier alpha value is -4.10. The van der Waals surface area contributed by atoms with Crippen LogP contribution in [0.25, 0.3) is 64.5 Å². The van der Waals surface area contributed by atoms with Crippen LogP contribution in [-0.4, -0.2) is 29.9 Å². The molecule has 0 aliphatic carbocycles. The first-order chi connectivity index (χ1) is 18.0. The minimum absolute atomic E-state index is 0.305. The Morgan fingerprint density at radius 2 is 1.54 bits per heavy atom. The Kier molecular flexibility index (Phi) is 4.91. The third kappa shape index (κ3) is 3.53. The smallest absolute Gasteiger partial charge is 0.116 e. The molecule has 182 valence electrons. The van der Waals surface area contributed by atoms with E-state index >= 15 is 0 Å². The van der Waals surface area contributed by atoms with Gasteiger partial charge in [-0.25, -0.2) is 19.9 Å². The fourth-order valence-corrected chi connectivity index (χ4v) is 6.08. The normalized spacial score (nSPS) is 12.3. The van der Waals surface area contributed by atoms with Crippen LogP contribution in [0.15, 0.2) is 61.2 Å². The molecule has 2 N–H and O–H groups in total. The zero-order chi connectivity index (χ0) is 25.3. The van der Waals surface area contributed by atoms with Crippen molar-refractivity contribution in [3.8, 4) is 21.7 Å². The van der Waals surface area contributed by atoms with Gasteiger partial charge in [-0.2, -0.15) is 0 Å². The van der Waals surface area contributed by atoms with Crippen molar-refractivity contribution in [2.75, 3.05) is 0 Å². The summed E-state index contributed by atoms with van der Waals surface area (Å²) in [6.07, 6.45) is 5.46. The van der Waals surface area contributed by atoms with Crippen LogP contribution in [0.3, 0.4) is 0 Å². The summed E-state index contributed by atoms with van der Waals surface area (Å²) in [5.74, 6) is 2.68. The van der Waals surface area contributed by atoms with Gasteiger partial charge in [-0.15, -0.1) is 11.3 Å². The molecule has 0 spiro atoms. The standard InChI is InChI=1S/C30H26N6S/c1-15(2)29-32-13-23(34-29)25-11-19-6-5-18(10-24(19)37-25)17-7-8-20-21(9-17)22-12-31-14-33-26(22)28-27(20)35-30(36-28)16(3)4/h5-16H,1-4H3,(H,32,34)(H,35,36). The molecule has 0 atom stereocenters. The van der Waals surface area contributed by atoms with Crippen LogP contribution in [0.2, 0.25) is 0 Å². The maximum absolute atomic E-state index is 4.96. The maximum Gasteiger partial charge on any atom is 0.116 e. The fourth-order valence-electron chi connectivity index (χ4n) is 5.01. The highest BCUT2D eigenvalue weighted by molar-refractivity contribution is 7.22. The van der Waals surface area contributed by atoms with Gasteiger partial charge in [-0.3, -0.25) is 0 Å². The summed E-state index contributed by atoms with van der Waals surface area (Å²) in [6, 6.07) is 15.6. The number of hydrogen-bond acceptors (Lipinski definition) is 5. The van der Waals surface area contributed by atoms with Crippen molar-refractivity contribution in [2.45, 2.75) is 39.5 Å². The van der Waals surface area contributed by atoms with Crippen LogP contribution >= 0.6 is 11.3 Å². The number of H-pyrrole nitrogens is 2. The van der Waals surface area contributed by atoms with Crippen molar-refractivity contribution in [1.82, 2.24) is 29.9 Å². The van der Waals surface area contributed by atoms with Crippen molar-refractivity contribution in [2.24, 2.45) is 0 Å². The Bertz CT molecular complexity index is 1960. The van der Waals surface area contributed by atoms with E-state index in [-0.39, 0.29) is 0 Å². The van der Waals surface area contributed by atoms with Crippen molar-refractivity contribution in [1.29, 1.82) is 0 Å². The molecule has 0 bridgehead atoms. The number of fused-ring (bicyclic) bond motifs is 7. The van der Waals surface area contributed by atoms with Gasteiger partial charge in [0.15, 0.2) is 0 Å². The molecular formula is C30H26N6S. The topological polar surface area (TPSA) is 83.1 Å². The van der Waals surface area contributed by atoms with Crippen LogP contribution in [0, 0.1) is 0 Å². The molecule has 0 fully saturated rings. The summed E-state index contributed by atoms with van der Waals surface area (Å²) in [6.45, 7) is 8.60. The predicted octanol–water partition coefficient (Wildman–Crippen LogP) is 8.18. The minimum atomic E-state index is 0.305. The summed E-state index contributed by atoms with van der Waals surface area (Å²) in [7, 11) is 0. The number of thiophene rings is 1. The minimum Gasteiger partial charge on any atom is -0.341 e. The molecule has 0 radical (unpaired) electrons. The summed E-state index contributed by atoms with van der Waals surface area (Å²) >= 11 is 1.79. The van der Waals surface area contributed by atoms with Crippen molar-refractivity contribution in [3.05, 3.63) is 72.8 Å². The molecule has 0 amide bonds. The molecule has 4 heterocycles. The molecule has 0 saturated carbocycles. The van der Waals surface area contributed by atoms with Gasteiger partial charge in [0.05, 0.1) is 33.3 Å². The second kappa shape index (κ2) is 8.21. The molecule has 37 heavy (non-hydrogen) atoms. The number of aromatic nitrogens is 6. The Balaban J connectivity index is 1.38. The first-order valence-corrected chi connectivity index (χ1v) is 13.4. The van der Waals surface area contributed by atoms with Gasteiger partial charge in [0.2, 0.25) is 0 Å². The highest BCUT2D eigenvalue weighted by atomic mass is 32.1. The molecule has 0 saturated heterocycles. The van der Waals surface area contributed by atoms with E-state index < -0.39 is 0 Å². The van der Waals surface area contributed by atoms with Crippen LogP contribution in [0.4, 0.5) is 0 Å². The third-order valence-electron chi connectivity index (χ3n) is 7.04. The molecule has 3 aromatic carbocycles. The van der Waals surface area contributed by atoms with E-state index in [2.05, 4.69) is 95.1 Å². The molecule has 0 aliphatic rings. The molecule has 6 nitrogen and oxygen atoms in total. The lowest BCUT2D eigenvalue weighted by molar-refractivity contribution is 0.795. The molecule has 7 aromatic rings. The van der Waals surface area contributed by atoms with Crippen molar-refractivity contribution < 1.29 is 0 Å². The summed E-state index contributed by atoms with van der Waals surface area (Å²) < 4.78 is 1.26. The van der Waals surface area contributed by atoms with Gasteiger partial charge in [0.1, 0.15) is 18.0 Å². The number of benzene rings is 3. The number of rotatable bonds is 4. The van der Waals surface area contributed by atoms with Gasteiger partial charge >= 0.3 is 0 Å². The van der Waals surface area contributed by atoms with E-state index in [0.717, 1.165) is 55.6 Å². The summed E-state index contributed by atoms with van der Waals surface area (Å²) in [5.41, 5.74) is 6.28. The van der Waals surface area contributed by atoms with Crippen molar-refractivity contribution in [3.63, 3.8) is 0 Å². The predicted molar refractivity (Wildman–Crippen MR) is 153 cm³/mol. The monoisotopic (exact) mass is 502 g/mol. The third-order valence-corrected chi connectivity index (χ3v) is 8.18. The summed E-state index contributed by atoms with van der Waals surface area (Å²) in [4.78, 5) is 26.7. The van der Waals surface area contributed by atoms with E-state index in [9.17, 15) is 0 Å². The Morgan fingerprint density at radius 1 is 0.730 bits per heavy atom. The van der Waals surface area contributed by atoms with Crippen LogP contribution in [0.5, 0.6) is 0 Å². The number of aromatic amines is 2. The lowest BCUT2D eigenvalue weighted by atomic mass is 9.98. The Morgan fingerprint density at radius 3 is 2.35 bits per heavy atom. The fraction of sp³-hybridized carbons (Fsp3) is 0.200. The molecular weight excluding hydrogens is 476 g/mol. The van der Waals surface area contributed by atoms with E-state index in [1.165, 1.54) is 20.5 Å². The van der Waals surface area contributed by atoms with E-state index in [0.29, 0.717) is 11.8 Å². The highest BCUT2D eigenvalue weighted by Gasteiger charge is 2.16. The van der Waals surface area contributed by atoms with Crippen LogP contribution in [-0.2, 0) is 0 Å². The SMILES string of the molecule is CC(C)c1ncc(-c2cc3ccc(-c4ccc5c(c4)c4cncnc4c4[nH]c(C(C)C)nc54)cc3s2)[nH]1. The average Bonchev–Trinajstić information content (AvgIpc) is 3.66. The molecule has 0 unspecified atom stereocenters. The van der Waals surface area contributed by atoms with E-state index in [1.807, 2.05) is 12.4 Å². The lowest BCUT2D eigenvalue weighted by Crippen LogP contribution is -1.88. The number of imidazole rings is 2. The van der Waals surface area contributed by atoms with Crippen molar-refractivity contribution >= 4 is 54.1 Å². The van der Waals surface area contributed by atoms with Crippen LogP contribution < -0.4 is 0 Å². The number of nitrogens with one attached hydrogen (secondary N) is 2. The summed E-state index contributed by atoms with van der Waals surface area (Å²) in [5, 5.41) is 4.51. The number of nitrogens with zero attached hydrogens (tertiary/aromatic N) is 4. The largest absolute Gasteiger partial charge is 0.341 e. The molecule has 7 rings (SSSR count). The second-order valence-electron chi connectivity index (χ2n) is 10.2. The second-order valence-corrected chi connectivity index (χ2v) is 11.3. The zero-order valence-corrected chi connectivity index (χ0v) is 21.9. The quantitative estimate of drug-likeness (QED) is 0.238. The first kappa shape index (κ1) is 22.1. The zero-order valence-electron chi connectivity index (χ0n) is 21.1. The lowest BCUT2D eigenvalue weighted by Gasteiger charge is -2.08. The molecule has 7 heteroatoms. The average molecular weight is 503 g/mol. The van der Waals surface area contributed by atoms with Gasteiger partial charge < -0.3 is 9.97 Å². The van der Waals surface area contributed by atoms with E-state index in [4.69, 9.17) is 4.98 Å². The highest BCUT2D eigenvalue weighted by Crippen LogP contribution is 2.38. The maximum atomic E-state index is 4.96. The van der Waals surface area contributed by atoms with Gasteiger partial charge in [0.25, 0.3) is 0 Å². The Labute approximate surface area is 217 Å². The number of hydrogen-bond donors (Lipinski definition) is 2. The van der Waals surface area contributed by atoms with E-state index in [1.54, 1.807) is 17.7 Å². The van der Waals surface area contributed by atoms with Gasteiger partial charge in [-0.1, -0.05) is 52.0 Å².